The minimum absolute atomic E-state index is 0.211. The number of para-hydroxylation sites is 2. The molecule has 0 aliphatic carbocycles. The summed E-state index contributed by atoms with van der Waals surface area (Å²) in [6.45, 7) is 0.504. The Labute approximate surface area is 232 Å². The molecule has 0 bridgehead atoms. The minimum atomic E-state index is -0.785. The van der Waals surface area contributed by atoms with Gasteiger partial charge in [0.2, 0.25) is 5.91 Å². The molecule has 2 aliphatic rings. The molecule has 3 unspecified atom stereocenters. The number of likely N-dealkylation sites (N-methyl/N-ethyl adjacent to an activating group) is 1. The maximum Gasteiger partial charge on any atom is 0.254 e. The van der Waals surface area contributed by atoms with Gasteiger partial charge in [0.05, 0.1) is 46.9 Å². The first-order valence-electron chi connectivity index (χ1n) is 12.8. The smallest absolute Gasteiger partial charge is 0.254 e. The highest BCUT2D eigenvalue weighted by Gasteiger charge is 2.44. The second-order valence-corrected chi connectivity index (χ2v) is 9.49. The molecule has 0 fully saturated rings. The van der Waals surface area contributed by atoms with Crippen LogP contribution in [0.2, 0.25) is 0 Å². The normalized spacial score (nSPS) is 19.4. The Kier molecular flexibility index (Phi) is 7.59. The summed E-state index contributed by atoms with van der Waals surface area (Å²) in [7, 11) is 7.79. The van der Waals surface area contributed by atoms with E-state index in [-0.39, 0.29) is 24.5 Å². The molecule has 0 spiro atoms. The monoisotopic (exact) mass is 548 g/mol. The summed E-state index contributed by atoms with van der Waals surface area (Å²) in [6, 6.07) is 15.5. The number of nitrogens with one attached hydrogen (secondary N) is 1. The molecule has 10 heteroatoms. The largest absolute Gasteiger partial charge is 0.493 e. The quantitative estimate of drug-likeness (QED) is 0.456. The maximum absolute atomic E-state index is 14.0. The van der Waals surface area contributed by atoms with Crippen LogP contribution in [0.15, 0.2) is 54.6 Å². The molecule has 3 atom stereocenters. The van der Waals surface area contributed by atoms with Crippen molar-refractivity contribution in [1.29, 1.82) is 0 Å². The van der Waals surface area contributed by atoms with Crippen molar-refractivity contribution in [1.82, 2.24) is 10.2 Å². The Balaban J connectivity index is 1.52. The summed E-state index contributed by atoms with van der Waals surface area (Å²) < 4.78 is 33.8. The lowest BCUT2D eigenvalue weighted by molar-refractivity contribution is -0.124. The summed E-state index contributed by atoms with van der Waals surface area (Å²) >= 11 is 0. The number of carbonyl (C=O) groups excluding carboxylic acids is 2. The highest BCUT2D eigenvalue weighted by Crippen LogP contribution is 2.47. The van der Waals surface area contributed by atoms with E-state index >= 15 is 0 Å². The molecule has 0 saturated heterocycles. The van der Waals surface area contributed by atoms with Gasteiger partial charge in [0.25, 0.3) is 5.91 Å². The SMILES string of the molecule is COc1ccc(C2C(C(=O)NCC3COc4ccccc4O3)c3cc(OC)c(OC)cc3C(=O)N2C)cc1OC. The van der Waals surface area contributed by atoms with Crippen molar-refractivity contribution in [3.8, 4) is 34.5 Å². The van der Waals surface area contributed by atoms with Gasteiger partial charge in [-0.15, -0.1) is 0 Å². The highest BCUT2D eigenvalue weighted by molar-refractivity contribution is 6.02. The van der Waals surface area contributed by atoms with Crippen molar-refractivity contribution in [2.45, 2.75) is 18.1 Å². The lowest BCUT2D eigenvalue weighted by Gasteiger charge is -2.40. The molecule has 3 aromatic rings. The Morgan fingerprint density at radius 2 is 1.55 bits per heavy atom. The predicted octanol–water partition coefficient (Wildman–Crippen LogP) is 3.59. The Morgan fingerprint density at radius 3 is 2.25 bits per heavy atom. The molecule has 2 aliphatic heterocycles. The van der Waals surface area contributed by atoms with Gasteiger partial charge >= 0.3 is 0 Å². The van der Waals surface area contributed by atoms with Gasteiger partial charge in [-0.05, 0) is 47.5 Å². The Hall–Kier alpha value is -4.60. The number of hydrogen-bond donors (Lipinski definition) is 1. The third kappa shape index (κ3) is 4.81. The van der Waals surface area contributed by atoms with Crippen molar-refractivity contribution in [2.75, 3.05) is 48.6 Å². The molecule has 2 amide bonds. The maximum atomic E-state index is 14.0. The number of fused-ring (bicyclic) bond motifs is 2. The highest BCUT2D eigenvalue weighted by atomic mass is 16.6. The fraction of sp³-hybridized carbons (Fsp3) is 0.333. The first-order valence-corrected chi connectivity index (χ1v) is 12.8. The topological polar surface area (TPSA) is 105 Å². The minimum Gasteiger partial charge on any atom is -0.493 e. The van der Waals surface area contributed by atoms with Gasteiger partial charge in [0, 0.05) is 12.6 Å². The summed E-state index contributed by atoms with van der Waals surface area (Å²) in [6.07, 6.45) is -0.383. The van der Waals surface area contributed by atoms with Crippen molar-refractivity contribution in [2.24, 2.45) is 0 Å². The van der Waals surface area contributed by atoms with Gasteiger partial charge in [-0.2, -0.15) is 0 Å². The van der Waals surface area contributed by atoms with E-state index in [4.69, 9.17) is 28.4 Å². The zero-order valence-electron chi connectivity index (χ0n) is 23.1. The van der Waals surface area contributed by atoms with E-state index in [1.54, 1.807) is 50.4 Å². The third-order valence-corrected chi connectivity index (χ3v) is 7.28. The van der Waals surface area contributed by atoms with Crippen molar-refractivity contribution in [3.63, 3.8) is 0 Å². The van der Waals surface area contributed by atoms with E-state index in [1.807, 2.05) is 30.3 Å². The van der Waals surface area contributed by atoms with Gasteiger partial charge in [-0.1, -0.05) is 18.2 Å². The van der Waals surface area contributed by atoms with Gasteiger partial charge in [-0.25, -0.2) is 0 Å². The number of nitrogens with zero attached hydrogens (tertiary/aromatic N) is 1. The molecule has 3 aromatic carbocycles. The average molecular weight is 549 g/mol. The van der Waals surface area contributed by atoms with Crippen LogP contribution < -0.4 is 33.7 Å². The molecule has 40 heavy (non-hydrogen) atoms. The van der Waals surface area contributed by atoms with Gasteiger partial charge in [-0.3, -0.25) is 9.59 Å². The van der Waals surface area contributed by atoms with Crippen LogP contribution in [0, 0.1) is 0 Å². The van der Waals surface area contributed by atoms with Crippen LogP contribution in [0.5, 0.6) is 34.5 Å². The van der Waals surface area contributed by atoms with Crippen LogP contribution in [0.1, 0.15) is 33.4 Å². The molecule has 0 aromatic heterocycles. The lowest BCUT2D eigenvalue weighted by Crippen LogP contribution is -2.48. The van der Waals surface area contributed by atoms with Gasteiger partial charge in [0.1, 0.15) is 12.7 Å². The summed E-state index contributed by atoms with van der Waals surface area (Å²) in [5.41, 5.74) is 1.60. The number of carbonyl (C=O) groups is 2. The summed E-state index contributed by atoms with van der Waals surface area (Å²) in [4.78, 5) is 29.3. The van der Waals surface area contributed by atoms with Crippen LogP contribution in [-0.2, 0) is 4.79 Å². The zero-order chi connectivity index (χ0) is 28.4. The van der Waals surface area contributed by atoms with Crippen LogP contribution >= 0.6 is 0 Å². The molecule has 10 nitrogen and oxygen atoms in total. The van der Waals surface area contributed by atoms with Gasteiger partial charge in [0.15, 0.2) is 34.5 Å². The van der Waals surface area contributed by atoms with E-state index in [9.17, 15) is 9.59 Å². The van der Waals surface area contributed by atoms with Gasteiger partial charge < -0.3 is 38.6 Å². The molecule has 0 saturated carbocycles. The number of hydrogen-bond acceptors (Lipinski definition) is 8. The summed E-state index contributed by atoms with van der Waals surface area (Å²) in [5, 5.41) is 3.04. The molecule has 1 N–H and O–H groups in total. The average Bonchev–Trinajstić information content (AvgIpc) is 3.00. The lowest BCUT2D eigenvalue weighted by atomic mass is 9.79. The first-order chi connectivity index (χ1) is 19.4. The zero-order valence-corrected chi connectivity index (χ0v) is 23.1. The van der Waals surface area contributed by atoms with Crippen molar-refractivity contribution < 1.29 is 38.0 Å². The predicted molar refractivity (Wildman–Crippen MR) is 146 cm³/mol. The summed E-state index contributed by atoms with van der Waals surface area (Å²) in [5.74, 6) is 1.83. The number of rotatable bonds is 8. The second kappa shape index (κ2) is 11.3. The standard InChI is InChI=1S/C30H32N2O8/c1-32-28(17-10-11-21(35-2)24(12-17)36-3)27(19-13-25(37-4)26(38-5)14-20(19)30(32)34)29(33)31-15-18-16-39-22-8-6-7-9-23(22)40-18/h6-14,18,27-28H,15-16H2,1-5H3,(H,31,33). The fourth-order valence-corrected chi connectivity index (χ4v) is 5.27. The number of amides is 2. The number of benzene rings is 3. The third-order valence-electron chi connectivity index (χ3n) is 7.28. The Morgan fingerprint density at radius 1 is 0.900 bits per heavy atom. The second-order valence-electron chi connectivity index (χ2n) is 9.49. The van der Waals surface area contributed by atoms with Crippen LogP contribution in [0.25, 0.3) is 0 Å². The first kappa shape index (κ1) is 27.0. The molecule has 2 heterocycles. The molecular weight excluding hydrogens is 516 g/mol. The molecule has 5 rings (SSSR count). The van der Waals surface area contributed by atoms with E-state index in [0.29, 0.717) is 57.8 Å². The fourth-order valence-electron chi connectivity index (χ4n) is 5.27. The van der Waals surface area contributed by atoms with Crippen LogP contribution in [0.3, 0.4) is 0 Å². The molecule has 210 valence electrons. The number of ether oxygens (including phenoxy) is 6. The Bertz CT molecular complexity index is 1420. The van der Waals surface area contributed by atoms with Crippen molar-refractivity contribution in [3.05, 3.63) is 71.3 Å². The molecule has 0 radical (unpaired) electrons. The van der Waals surface area contributed by atoms with E-state index in [2.05, 4.69) is 5.32 Å². The number of methoxy groups -OCH3 is 4. The van der Waals surface area contributed by atoms with E-state index < -0.39 is 12.0 Å². The molecular formula is C30H32N2O8. The van der Waals surface area contributed by atoms with E-state index in [0.717, 1.165) is 0 Å². The van der Waals surface area contributed by atoms with Crippen LogP contribution in [-0.4, -0.2) is 71.5 Å². The van der Waals surface area contributed by atoms with Crippen LogP contribution in [0.4, 0.5) is 0 Å². The van der Waals surface area contributed by atoms with Crippen molar-refractivity contribution >= 4 is 11.8 Å². The van der Waals surface area contributed by atoms with E-state index in [1.165, 1.54) is 14.2 Å².